The Balaban J connectivity index is 1.44. The molecule has 4 nitrogen and oxygen atoms in total. The van der Waals surface area contributed by atoms with Crippen molar-refractivity contribution in [2.75, 3.05) is 13.9 Å². The number of rotatable bonds is 3. The summed E-state index contributed by atoms with van der Waals surface area (Å²) in [6.07, 6.45) is 0.793. The highest BCUT2D eigenvalue weighted by Gasteiger charge is 2.33. The van der Waals surface area contributed by atoms with Crippen LogP contribution in [0.3, 0.4) is 0 Å². The molecule has 0 N–H and O–H groups in total. The van der Waals surface area contributed by atoms with Gasteiger partial charge in [-0.25, -0.2) is 0 Å². The lowest BCUT2D eigenvalue weighted by Crippen LogP contribution is -2.20. The van der Waals surface area contributed by atoms with E-state index in [1.165, 1.54) is 21.9 Å². The molecule has 0 unspecified atom stereocenters. The van der Waals surface area contributed by atoms with E-state index in [0.717, 1.165) is 35.0 Å². The molecule has 0 spiro atoms. The van der Waals surface area contributed by atoms with Gasteiger partial charge in [-0.1, -0.05) is 48.5 Å². The summed E-state index contributed by atoms with van der Waals surface area (Å²) >= 11 is 0. The van der Waals surface area contributed by atoms with E-state index in [0.29, 0.717) is 0 Å². The van der Waals surface area contributed by atoms with E-state index in [2.05, 4.69) is 60.7 Å². The van der Waals surface area contributed by atoms with Gasteiger partial charge in [0.15, 0.2) is 11.5 Å². The van der Waals surface area contributed by atoms with Crippen LogP contribution in [0.5, 0.6) is 23.0 Å². The van der Waals surface area contributed by atoms with Crippen molar-refractivity contribution in [2.24, 2.45) is 0 Å². The fraction of sp³-hybridized carbons (Fsp3) is 0.185. The van der Waals surface area contributed by atoms with Crippen molar-refractivity contribution < 1.29 is 18.9 Å². The standard InChI is InChI=1S/C27H22O4/c1-28-21-10-8-18(9-11-21)22-13-24(20-7-6-17-4-2-3-5-19(17)12-20)31-25-15-27-26(14-23(22)25)29-16-30-27/h2-12,14-15,22,24H,13,16H2,1H3/t22-,24+/m1/s1. The highest BCUT2D eigenvalue weighted by Crippen LogP contribution is 2.50. The lowest BCUT2D eigenvalue weighted by molar-refractivity contribution is 0.166. The van der Waals surface area contributed by atoms with E-state index in [4.69, 9.17) is 18.9 Å². The molecule has 2 atom stereocenters. The Bertz CT molecular complexity index is 1260. The Hall–Kier alpha value is -3.66. The summed E-state index contributed by atoms with van der Waals surface area (Å²) in [4.78, 5) is 0. The van der Waals surface area contributed by atoms with Gasteiger partial charge in [0.2, 0.25) is 6.79 Å². The fourth-order valence-electron chi connectivity index (χ4n) is 4.62. The van der Waals surface area contributed by atoms with E-state index < -0.39 is 0 Å². The zero-order chi connectivity index (χ0) is 20.8. The Morgan fingerprint density at radius 3 is 2.29 bits per heavy atom. The third-order valence-electron chi connectivity index (χ3n) is 6.26. The average Bonchev–Trinajstić information content (AvgIpc) is 3.29. The monoisotopic (exact) mass is 410 g/mol. The van der Waals surface area contributed by atoms with Crippen LogP contribution >= 0.6 is 0 Å². The molecule has 0 aliphatic carbocycles. The van der Waals surface area contributed by atoms with E-state index in [-0.39, 0.29) is 18.8 Å². The third kappa shape index (κ3) is 3.15. The Morgan fingerprint density at radius 2 is 1.48 bits per heavy atom. The molecule has 4 aromatic carbocycles. The quantitative estimate of drug-likeness (QED) is 0.401. The third-order valence-corrected chi connectivity index (χ3v) is 6.26. The lowest BCUT2D eigenvalue weighted by atomic mass is 9.82. The van der Waals surface area contributed by atoms with Crippen molar-refractivity contribution in [3.63, 3.8) is 0 Å². The minimum absolute atomic E-state index is 0.0513. The molecule has 0 amide bonds. The second-order valence-corrected chi connectivity index (χ2v) is 8.02. The van der Waals surface area contributed by atoms with E-state index in [9.17, 15) is 0 Å². The highest BCUT2D eigenvalue weighted by molar-refractivity contribution is 5.83. The normalized spacial score (nSPS) is 19.0. The molecule has 0 fully saturated rings. The van der Waals surface area contributed by atoms with Crippen molar-refractivity contribution in [1.82, 2.24) is 0 Å². The Kier molecular flexibility index (Phi) is 4.23. The van der Waals surface area contributed by atoms with Gasteiger partial charge in [-0.3, -0.25) is 0 Å². The average molecular weight is 410 g/mol. The molecule has 2 aliphatic heterocycles. The van der Waals surface area contributed by atoms with Crippen molar-refractivity contribution in [1.29, 1.82) is 0 Å². The van der Waals surface area contributed by atoms with Crippen molar-refractivity contribution >= 4 is 10.8 Å². The Morgan fingerprint density at radius 1 is 0.742 bits per heavy atom. The lowest BCUT2D eigenvalue weighted by Gasteiger charge is -2.33. The molecule has 4 aromatic rings. The van der Waals surface area contributed by atoms with E-state index in [1.54, 1.807) is 7.11 Å². The maximum Gasteiger partial charge on any atom is 0.231 e. The summed E-state index contributed by atoms with van der Waals surface area (Å²) < 4.78 is 23.1. The number of fused-ring (bicyclic) bond motifs is 3. The molecule has 2 heterocycles. The molecule has 4 heteroatoms. The number of methoxy groups -OCH3 is 1. The molecule has 0 saturated heterocycles. The van der Waals surface area contributed by atoms with Gasteiger partial charge >= 0.3 is 0 Å². The molecule has 0 saturated carbocycles. The van der Waals surface area contributed by atoms with Crippen LogP contribution in [0.1, 0.15) is 35.1 Å². The smallest absolute Gasteiger partial charge is 0.231 e. The van der Waals surface area contributed by atoms with Gasteiger partial charge in [-0.05, 0) is 52.6 Å². The van der Waals surface area contributed by atoms with Gasteiger partial charge in [0.1, 0.15) is 17.6 Å². The summed E-state index contributed by atoms with van der Waals surface area (Å²) in [6, 6.07) is 27.4. The minimum atomic E-state index is -0.0513. The first-order valence-electron chi connectivity index (χ1n) is 10.5. The molecule has 154 valence electrons. The molecule has 0 bridgehead atoms. The highest BCUT2D eigenvalue weighted by atomic mass is 16.7. The molecule has 0 radical (unpaired) electrons. The van der Waals surface area contributed by atoms with Crippen LogP contribution in [0.25, 0.3) is 10.8 Å². The van der Waals surface area contributed by atoms with Crippen LogP contribution < -0.4 is 18.9 Å². The molecule has 6 rings (SSSR count). The van der Waals surface area contributed by atoms with Crippen molar-refractivity contribution in [3.8, 4) is 23.0 Å². The first kappa shape index (κ1) is 18.1. The summed E-state index contributed by atoms with van der Waals surface area (Å²) in [7, 11) is 1.69. The maximum absolute atomic E-state index is 6.53. The van der Waals surface area contributed by atoms with Crippen molar-refractivity contribution in [2.45, 2.75) is 18.4 Å². The second kappa shape index (κ2) is 7.24. The van der Waals surface area contributed by atoms with Gasteiger partial charge in [-0.2, -0.15) is 0 Å². The second-order valence-electron chi connectivity index (χ2n) is 8.02. The maximum atomic E-state index is 6.53. The summed E-state index contributed by atoms with van der Waals surface area (Å²) in [5.74, 6) is 3.42. The molecule has 31 heavy (non-hydrogen) atoms. The van der Waals surface area contributed by atoms with Crippen LogP contribution in [-0.2, 0) is 0 Å². The largest absolute Gasteiger partial charge is 0.497 e. The van der Waals surface area contributed by atoms with E-state index >= 15 is 0 Å². The predicted octanol–water partition coefficient (Wildman–Crippen LogP) is 6.23. The van der Waals surface area contributed by atoms with Gasteiger partial charge < -0.3 is 18.9 Å². The molecular formula is C27H22O4. The van der Waals surface area contributed by atoms with Crippen LogP contribution in [0, 0.1) is 0 Å². The molecule has 2 aliphatic rings. The first-order valence-corrected chi connectivity index (χ1v) is 10.5. The van der Waals surface area contributed by atoms with Crippen LogP contribution in [0.2, 0.25) is 0 Å². The topological polar surface area (TPSA) is 36.9 Å². The fourth-order valence-corrected chi connectivity index (χ4v) is 4.62. The molecule has 0 aromatic heterocycles. The summed E-state index contributed by atoms with van der Waals surface area (Å²) in [5, 5.41) is 2.46. The molecular weight excluding hydrogens is 388 g/mol. The van der Waals surface area contributed by atoms with Crippen LogP contribution in [0.15, 0.2) is 78.9 Å². The zero-order valence-corrected chi connectivity index (χ0v) is 17.2. The number of ether oxygens (including phenoxy) is 4. The van der Waals surface area contributed by atoms with Crippen LogP contribution in [-0.4, -0.2) is 13.9 Å². The van der Waals surface area contributed by atoms with Gasteiger partial charge in [0.25, 0.3) is 0 Å². The minimum Gasteiger partial charge on any atom is -0.497 e. The zero-order valence-electron chi connectivity index (χ0n) is 17.2. The Labute approximate surface area is 180 Å². The first-order chi connectivity index (χ1) is 15.3. The SMILES string of the molecule is COc1ccc([C@H]2C[C@@H](c3ccc4ccccc4c3)Oc3cc4c(cc32)OCO4)cc1. The van der Waals surface area contributed by atoms with Gasteiger partial charge in [0, 0.05) is 17.5 Å². The van der Waals surface area contributed by atoms with Gasteiger partial charge in [0.05, 0.1) is 7.11 Å². The van der Waals surface area contributed by atoms with Crippen LogP contribution in [0.4, 0.5) is 0 Å². The summed E-state index contributed by atoms with van der Waals surface area (Å²) in [5.41, 5.74) is 3.54. The number of benzene rings is 4. The van der Waals surface area contributed by atoms with Gasteiger partial charge in [-0.15, -0.1) is 0 Å². The van der Waals surface area contributed by atoms with E-state index in [1.807, 2.05) is 18.2 Å². The predicted molar refractivity (Wildman–Crippen MR) is 119 cm³/mol. The number of hydrogen-bond donors (Lipinski definition) is 0. The number of hydrogen-bond acceptors (Lipinski definition) is 4. The summed E-state index contributed by atoms with van der Waals surface area (Å²) in [6.45, 7) is 0.250. The van der Waals surface area contributed by atoms with Crippen molar-refractivity contribution in [3.05, 3.63) is 95.6 Å².